The second kappa shape index (κ2) is 6.87. The summed E-state index contributed by atoms with van der Waals surface area (Å²) in [6.07, 6.45) is 4.91. The summed E-state index contributed by atoms with van der Waals surface area (Å²) >= 11 is 0. The Hall–Kier alpha value is -1.62. The van der Waals surface area contributed by atoms with Crippen LogP contribution in [-0.2, 0) is 6.42 Å². The molecule has 2 amide bonds. The van der Waals surface area contributed by atoms with E-state index in [0.29, 0.717) is 6.42 Å². The van der Waals surface area contributed by atoms with Gasteiger partial charge in [-0.25, -0.2) is 9.18 Å². The molecule has 0 radical (unpaired) electrons. The third-order valence-electron chi connectivity index (χ3n) is 4.97. The first kappa shape index (κ1) is 16.2. The number of amides is 2. The number of aryl methyl sites for hydroxylation is 1. The van der Waals surface area contributed by atoms with Gasteiger partial charge in [-0.3, -0.25) is 0 Å². The molecule has 1 aromatic carbocycles. The van der Waals surface area contributed by atoms with Crippen molar-refractivity contribution in [2.75, 3.05) is 6.54 Å². The predicted octanol–water partition coefficient (Wildman–Crippen LogP) is 3.15. The summed E-state index contributed by atoms with van der Waals surface area (Å²) in [4.78, 5) is 14.5. The van der Waals surface area contributed by atoms with Crippen LogP contribution in [0.2, 0.25) is 0 Å². The van der Waals surface area contributed by atoms with Gasteiger partial charge in [0.25, 0.3) is 0 Å². The van der Waals surface area contributed by atoms with Gasteiger partial charge in [0.15, 0.2) is 0 Å². The van der Waals surface area contributed by atoms with Gasteiger partial charge in [0.2, 0.25) is 0 Å². The number of carbonyl (C=O) groups is 1. The van der Waals surface area contributed by atoms with Gasteiger partial charge in [-0.1, -0.05) is 6.07 Å². The van der Waals surface area contributed by atoms with Crippen LogP contribution in [0.1, 0.15) is 56.2 Å². The lowest BCUT2D eigenvalue weighted by Crippen LogP contribution is -2.45. The van der Waals surface area contributed by atoms with Crippen LogP contribution in [0.3, 0.4) is 0 Å². The summed E-state index contributed by atoms with van der Waals surface area (Å²) in [6.45, 7) is 2.49. The van der Waals surface area contributed by atoms with E-state index >= 15 is 0 Å². The van der Waals surface area contributed by atoms with Crippen molar-refractivity contribution in [1.29, 1.82) is 0 Å². The molecular weight excluding hydrogens is 295 g/mol. The zero-order chi connectivity index (χ0) is 16.4. The van der Waals surface area contributed by atoms with Crippen LogP contribution < -0.4 is 5.32 Å². The quantitative estimate of drug-likeness (QED) is 0.899. The number of hydrogen-bond donors (Lipinski definition) is 2. The standard InChI is InChI=1S/C18H25FN2O2/c1-12(22)10-15-5-3-9-21(15)18(23)20-17-6-2-4-13-7-8-14(19)11-16(13)17/h7-8,11-12,15,17,22H,2-6,9-10H2,1H3,(H,20,23). The fraction of sp³-hybridized carbons (Fsp3) is 0.611. The van der Waals surface area contributed by atoms with Crippen LogP contribution in [0.5, 0.6) is 0 Å². The van der Waals surface area contributed by atoms with E-state index in [2.05, 4.69) is 5.32 Å². The van der Waals surface area contributed by atoms with Gasteiger partial charge >= 0.3 is 6.03 Å². The number of benzene rings is 1. The number of fused-ring (bicyclic) bond motifs is 1. The largest absolute Gasteiger partial charge is 0.393 e. The fourth-order valence-corrected chi connectivity index (χ4v) is 3.89. The highest BCUT2D eigenvalue weighted by Crippen LogP contribution is 2.31. The Bertz CT molecular complexity index is 576. The Morgan fingerprint density at radius 2 is 2.26 bits per heavy atom. The van der Waals surface area contributed by atoms with Crippen molar-refractivity contribution in [1.82, 2.24) is 10.2 Å². The molecule has 126 valence electrons. The summed E-state index contributed by atoms with van der Waals surface area (Å²) in [6, 6.07) is 4.77. The molecule has 0 spiro atoms. The van der Waals surface area contributed by atoms with E-state index in [1.807, 2.05) is 11.0 Å². The first-order valence-electron chi connectivity index (χ1n) is 8.58. The van der Waals surface area contributed by atoms with Gasteiger partial charge in [0.1, 0.15) is 5.82 Å². The van der Waals surface area contributed by atoms with Gasteiger partial charge in [0.05, 0.1) is 12.1 Å². The number of nitrogens with zero attached hydrogens (tertiary/aromatic N) is 1. The molecule has 5 heteroatoms. The summed E-state index contributed by atoms with van der Waals surface area (Å²) in [5, 5.41) is 12.7. The lowest BCUT2D eigenvalue weighted by Gasteiger charge is -2.31. The molecule has 23 heavy (non-hydrogen) atoms. The lowest BCUT2D eigenvalue weighted by atomic mass is 9.87. The summed E-state index contributed by atoms with van der Waals surface area (Å²) in [5.74, 6) is -0.252. The molecule has 3 atom stereocenters. The van der Waals surface area contributed by atoms with Crippen molar-refractivity contribution in [3.05, 3.63) is 35.1 Å². The number of likely N-dealkylation sites (tertiary alicyclic amines) is 1. The predicted molar refractivity (Wildman–Crippen MR) is 86.6 cm³/mol. The van der Waals surface area contributed by atoms with Crippen molar-refractivity contribution in [3.63, 3.8) is 0 Å². The maximum Gasteiger partial charge on any atom is 0.318 e. The highest BCUT2D eigenvalue weighted by atomic mass is 19.1. The Labute approximate surface area is 136 Å². The normalized spacial score (nSPS) is 25.1. The minimum Gasteiger partial charge on any atom is -0.393 e. The van der Waals surface area contributed by atoms with E-state index < -0.39 is 6.10 Å². The molecule has 2 N–H and O–H groups in total. The highest BCUT2D eigenvalue weighted by molar-refractivity contribution is 5.75. The number of urea groups is 1. The van der Waals surface area contributed by atoms with Gasteiger partial charge in [0, 0.05) is 12.6 Å². The van der Waals surface area contributed by atoms with E-state index in [1.165, 1.54) is 6.07 Å². The number of aliphatic hydroxyl groups excluding tert-OH is 1. The minimum absolute atomic E-state index is 0.0877. The molecule has 1 fully saturated rings. The van der Waals surface area contributed by atoms with E-state index in [1.54, 1.807) is 13.0 Å². The monoisotopic (exact) mass is 320 g/mol. The first-order chi connectivity index (χ1) is 11.0. The number of rotatable bonds is 3. The maximum atomic E-state index is 13.6. The number of carbonyl (C=O) groups excluding carboxylic acids is 1. The molecule has 0 saturated carbocycles. The molecular formula is C18H25FN2O2. The van der Waals surface area contributed by atoms with Gasteiger partial charge < -0.3 is 15.3 Å². The molecule has 1 aromatic rings. The zero-order valence-corrected chi connectivity index (χ0v) is 13.6. The number of hydrogen-bond acceptors (Lipinski definition) is 2. The Morgan fingerprint density at radius 1 is 1.43 bits per heavy atom. The van der Waals surface area contributed by atoms with Crippen LogP contribution in [0.15, 0.2) is 18.2 Å². The SMILES string of the molecule is CC(O)CC1CCCN1C(=O)NC1CCCc2ccc(F)cc21. The first-order valence-corrected chi connectivity index (χ1v) is 8.58. The molecule has 1 heterocycles. The second-order valence-corrected chi connectivity index (χ2v) is 6.81. The Kier molecular flexibility index (Phi) is 4.85. The van der Waals surface area contributed by atoms with Crippen LogP contribution in [0.4, 0.5) is 9.18 Å². The molecule has 1 aliphatic heterocycles. The van der Waals surface area contributed by atoms with Gasteiger partial charge in [-0.2, -0.15) is 0 Å². The summed E-state index contributed by atoms with van der Waals surface area (Å²) in [5.41, 5.74) is 2.04. The van der Waals surface area contributed by atoms with Crippen molar-refractivity contribution < 1.29 is 14.3 Å². The maximum absolute atomic E-state index is 13.6. The third-order valence-corrected chi connectivity index (χ3v) is 4.97. The number of nitrogens with one attached hydrogen (secondary N) is 1. The van der Waals surface area contributed by atoms with E-state index in [4.69, 9.17) is 0 Å². The minimum atomic E-state index is -0.405. The molecule has 3 unspecified atom stereocenters. The smallest absolute Gasteiger partial charge is 0.318 e. The molecule has 2 aliphatic rings. The molecule has 0 aromatic heterocycles. The van der Waals surface area contributed by atoms with Crippen molar-refractivity contribution in [3.8, 4) is 0 Å². The van der Waals surface area contributed by atoms with Gasteiger partial charge in [-0.05, 0) is 68.7 Å². The Balaban J connectivity index is 1.70. The average molecular weight is 320 g/mol. The molecule has 4 nitrogen and oxygen atoms in total. The van der Waals surface area contributed by atoms with Crippen molar-refractivity contribution >= 4 is 6.03 Å². The second-order valence-electron chi connectivity index (χ2n) is 6.81. The van der Waals surface area contributed by atoms with E-state index in [-0.39, 0.29) is 23.9 Å². The number of halogens is 1. The molecule has 3 rings (SSSR count). The van der Waals surface area contributed by atoms with Crippen LogP contribution >= 0.6 is 0 Å². The average Bonchev–Trinajstić information content (AvgIpc) is 2.95. The van der Waals surface area contributed by atoms with Crippen molar-refractivity contribution in [2.45, 2.75) is 63.6 Å². The fourth-order valence-electron chi connectivity index (χ4n) is 3.89. The highest BCUT2D eigenvalue weighted by Gasteiger charge is 2.31. The lowest BCUT2D eigenvalue weighted by molar-refractivity contribution is 0.136. The summed E-state index contributed by atoms with van der Waals surface area (Å²) < 4.78 is 13.6. The van der Waals surface area contributed by atoms with E-state index in [9.17, 15) is 14.3 Å². The molecule has 0 bridgehead atoms. The van der Waals surface area contributed by atoms with Crippen LogP contribution in [-0.4, -0.2) is 34.7 Å². The number of aliphatic hydroxyl groups is 1. The molecule has 1 saturated heterocycles. The van der Waals surface area contributed by atoms with E-state index in [0.717, 1.165) is 49.8 Å². The summed E-state index contributed by atoms with van der Waals surface area (Å²) in [7, 11) is 0. The third kappa shape index (κ3) is 3.66. The zero-order valence-electron chi connectivity index (χ0n) is 13.6. The van der Waals surface area contributed by atoms with Crippen LogP contribution in [0, 0.1) is 5.82 Å². The Morgan fingerprint density at radius 3 is 3.04 bits per heavy atom. The molecule has 1 aliphatic carbocycles. The van der Waals surface area contributed by atoms with Crippen molar-refractivity contribution in [2.24, 2.45) is 0 Å². The van der Waals surface area contributed by atoms with Crippen LogP contribution in [0.25, 0.3) is 0 Å². The van der Waals surface area contributed by atoms with Gasteiger partial charge in [-0.15, -0.1) is 0 Å². The topological polar surface area (TPSA) is 52.6 Å².